The molecule has 0 atom stereocenters. The van der Waals surface area contributed by atoms with E-state index in [0.717, 1.165) is 37.2 Å². The Morgan fingerprint density at radius 1 is 1.09 bits per heavy atom. The lowest BCUT2D eigenvalue weighted by Crippen LogP contribution is -2.44. The van der Waals surface area contributed by atoms with Crippen molar-refractivity contribution < 1.29 is 4.79 Å². The highest BCUT2D eigenvalue weighted by molar-refractivity contribution is 5.79. The normalized spacial score (nSPS) is 16.0. The minimum absolute atomic E-state index is 0.246. The summed E-state index contributed by atoms with van der Waals surface area (Å²) in [6, 6.07) is 12.9. The monoisotopic (exact) mass is 311 g/mol. The lowest BCUT2D eigenvalue weighted by Gasteiger charge is -2.35. The highest BCUT2D eigenvalue weighted by Crippen LogP contribution is 2.16. The van der Waals surface area contributed by atoms with Crippen molar-refractivity contribution in [2.45, 2.75) is 25.3 Å². The summed E-state index contributed by atoms with van der Waals surface area (Å²) in [6.07, 6.45) is 6.69. The zero-order valence-electron chi connectivity index (χ0n) is 14.0. The second-order valence-corrected chi connectivity index (χ2v) is 6.51. The SMILES string of the molecule is CN(C)C1CCN(C(=O)Cc2ccc(-n3cccc3)cc2)CC1. The molecule has 1 aromatic heterocycles. The van der Waals surface area contributed by atoms with Gasteiger partial charge >= 0.3 is 0 Å². The second kappa shape index (κ2) is 7.01. The van der Waals surface area contributed by atoms with Gasteiger partial charge in [-0.15, -0.1) is 0 Å². The molecule has 0 unspecified atom stereocenters. The van der Waals surface area contributed by atoms with Crippen LogP contribution in [-0.2, 0) is 11.2 Å². The third-order valence-corrected chi connectivity index (χ3v) is 4.74. The van der Waals surface area contributed by atoms with E-state index in [4.69, 9.17) is 0 Å². The number of rotatable bonds is 4. The molecule has 1 amide bonds. The van der Waals surface area contributed by atoms with E-state index in [-0.39, 0.29) is 5.91 Å². The Labute approximate surface area is 138 Å². The summed E-state index contributed by atoms with van der Waals surface area (Å²) in [5.41, 5.74) is 2.21. The molecule has 0 aliphatic carbocycles. The number of hydrogen-bond donors (Lipinski definition) is 0. The van der Waals surface area contributed by atoms with E-state index < -0.39 is 0 Å². The molecule has 0 radical (unpaired) electrons. The van der Waals surface area contributed by atoms with Crippen LogP contribution in [0.1, 0.15) is 18.4 Å². The molecule has 1 aromatic carbocycles. The maximum absolute atomic E-state index is 12.5. The summed E-state index contributed by atoms with van der Waals surface area (Å²) in [4.78, 5) is 16.7. The van der Waals surface area contributed by atoms with Gasteiger partial charge in [0.2, 0.25) is 5.91 Å². The van der Waals surface area contributed by atoms with Crippen LogP contribution in [0.15, 0.2) is 48.8 Å². The molecule has 1 aliphatic heterocycles. The number of carbonyl (C=O) groups is 1. The molecule has 0 N–H and O–H groups in total. The van der Waals surface area contributed by atoms with Gasteiger partial charge in [-0.3, -0.25) is 4.79 Å². The Bertz CT molecular complexity index is 623. The Morgan fingerprint density at radius 3 is 2.26 bits per heavy atom. The van der Waals surface area contributed by atoms with Crippen molar-refractivity contribution in [3.63, 3.8) is 0 Å². The van der Waals surface area contributed by atoms with Crippen molar-refractivity contribution in [3.05, 3.63) is 54.4 Å². The van der Waals surface area contributed by atoms with E-state index in [9.17, 15) is 4.79 Å². The molecule has 4 nitrogen and oxygen atoms in total. The summed E-state index contributed by atoms with van der Waals surface area (Å²) in [5.74, 6) is 0.246. The van der Waals surface area contributed by atoms with Crippen LogP contribution in [0.5, 0.6) is 0 Å². The molecular formula is C19H25N3O. The van der Waals surface area contributed by atoms with Crippen LogP contribution < -0.4 is 0 Å². The first kappa shape index (κ1) is 15.8. The fraction of sp³-hybridized carbons (Fsp3) is 0.421. The number of benzene rings is 1. The topological polar surface area (TPSA) is 28.5 Å². The number of amides is 1. The number of carbonyl (C=O) groups excluding carboxylic acids is 1. The number of nitrogens with zero attached hydrogens (tertiary/aromatic N) is 3. The van der Waals surface area contributed by atoms with Crippen LogP contribution in [0.4, 0.5) is 0 Å². The van der Waals surface area contributed by atoms with Crippen LogP contribution in [0.3, 0.4) is 0 Å². The molecule has 122 valence electrons. The van der Waals surface area contributed by atoms with Crippen LogP contribution in [0, 0.1) is 0 Å². The highest BCUT2D eigenvalue weighted by atomic mass is 16.2. The number of aromatic nitrogens is 1. The number of hydrogen-bond acceptors (Lipinski definition) is 2. The van der Waals surface area contributed by atoms with E-state index in [1.165, 1.54) is 0 Å². The first-order valence-electron chi connectivity index (χ1n) is 8.30. The van der Waals surface area contributed by atoms with Gasteiger partial charge in [-0.25, -0.2) is 0 Å². The number of likely N-dealkylation sites (tertiary alicyclic amines) is 1. The molecule has 23 heavy (non-hydrogen) atoms. The van der Waals surface area contributed by atoms with Gasteiger partial charge in [0.05, 0.1) is 6.42 Å². The lowest BCUT2D eigenvalue weighted by atomic mass is 10.0. The van der Waals surface area contributed by atoms with Gasteiger partial charge in [0, 0.05) is 37.2 Å². The predicted molar refractivity (Wildman–Crippen MR) is 92.8 cm³/mol. The van der Waals surface area contributed by atoms with Gasteiger partial charge in [-0.05, 0) is 56.8 Å². The summed E-state index contributed by atoms with van der Waals surface area (Å²) in [7, 11) is 4.24. The average molecular weight is 311 g/mol. The third kappa shape index (κ3) is 3.82. The van der Waals surface area contributed by atoms with Crippen molar-refractivity contribution in [2.75, 3.05) is 27.2 Å². The van der Waals surface area contributed by atoms with E-state index in [1.807, 2.05) is 29.4 Å². The molecule has 0 saturated carbocycles. The zero-order valence-corrected chi connectivity index (χ0v) is 14.0. The van der Waals surface area contributed by atoms with Crippen LogP contribution >= 0.6 is 0 Å². The van der Waals surface area contributed by atoms with Crippen molar-refractivity contribution >= 4 is 5.91 Å². The van der Waals surface area contributed by atoms with Gasteiger partial charge in [0.25, 0.3) is 0 Å². The zero-order chi connectivity index (χ0) is 16.2. The molecular weight excluding hydrogens is 286 g/mol. The van der Waals surface area contributed by atoms with Crippen LogP contribution in [0.25, 0.3) is 5.69 Å². The standard InChI is InChI=1S/C19H25N3O/c1-20(2)17-9-13-22(14-10-17)19(23)15-16-5-7-18(8-6-16)21-11-3-4-12-21/h3-8,11-12,17H,9-10,13-15H2,1-2H3. The Hall–Kier alpha value is -2.07. The van der Waals surface area contributed by atoms with Gasteiger partial charge in [0.15, 0.2) is 0 Å². The maximum atomic E-state index is 12.5. The van der Waals surface area contributed by atoms with E-state index >= 15 is 0 Å². The lowest BCUT2D eigenvalue weighted by molar-refractivity contribution is -0.131. The van der Waals surface area contributed by atoms with Gasteiger partial charge in [0.1, 0.15) is 0 Å². The molecule has 2 heterocycles. The first-order chi connectivity index (χ1) is 11.1. The van der Waals surface area contributed by atoms with E-state index in [2.05, 4.69) is 47.8 Å². The van der Waals surface area contributed by atoms with Gasteiger partial charge < -0.3 is 14.4 Å². The van der Waals surface area contributed by atoms with Crippen LogP contribution in [0.2, 0.25) is 0 Å². The molecule has 0 bridgehead atoms. The minimum Gasteiger partial charge on any atom is -0.342 e. The molecule has 1 aliphatic rings. The Morgan fingerprint density at radius 2 is 1.70 bits per heavy atom. The first-order valence-corrected chi connectivity index (χ1v) is 8.30. The predicted octanol–water partition coefficient (Wildman–Crippen LogP) is 2.57. The van der Waals surface area contributed by atoms with Crippen molar-refractivity contribution in [3.8, 4) is 5.69 Å². The van der Waals surface area contributed by atoms with E-state index in [1.54, 1.807) is 0 Å². The molecule has 0 spiro atoms. The second-order valence-electron chi connectivity index (χ2n) is 6.51. The summed E-state index contributed by atoms with van der Waals surface area (Å²) in [6.45, 7) is 1.76. The molecule has 3 rings (SSSR count). The van der Waals surface area contributed by atoms with Gasteiger partial charge in [-0.2, -0.15) is 0 Å². The van der Waals surface area contributed by atoms with Crippen molar-refractivity contribution in [2.24, 2.45) is 0 Å². The molecule has 1 saturated heterocycles. The molecule has 4 heteroatoms. The summed E-state index contributed by atoms with van der Waals surface area (Å²) < 4.78 is 2.07. The fourth-order valence-electron chi connectivity index (χ4n) is 3.21. The summed E-state index contributed by atoms with van der Waals surface area (Å²) >= 11 is 0. The minimum atomic E-state index is 0.246. The smallest absolute Gasteiger partial charge is 0.226 e. The maximum Gasteiger partial charge on any atom is 0.226 e. The fourth-order valence-corrected chi connectivity index (χ4v) is 3.21. The van der Waals surface area contributed by atoms with E-state index in [0.29, 0.717) is 12.5 Å². The highest BCUT2D eigenvalue weighted by Gasteiger charge is 2.23. The van der Waals surface area contributed by atoms with Crippen LogP contribution in [-0.4, -0.2) is 53.5 Å². The van der Waals surface area contributed by atoms with Gasteiger partial charge in [-0.1, -0.05) is 12.1 Å². The molecule has 2 aromatic rings. The quantitative estimate of drug-likeness (QED) is 0.868. The van der Waals surface area contributed by atoms with Crippen molar-refractivity contribution in [1.82, 2.24) is 14.4 Å². The molecule has 1 fully saturated rings. The summed E-state index contributed by atoms with van der Waals surface area (Å²) in [5, 5.41) is 0. The Balaban J connectivity index is 1.56. The largest absolute Gasteiger partial charge is 0.342 e. The number of piperidine rings is 1. The average Bonchev–Trinajstić information content (AvgIpc) is 3.10. The Kier molecular flexibility index (Phi) is 4.82. The third-order valence-electron chi connectivity index (χ3n) is 4.74. The van der Waals surface area contributed by atoms with Crippen molar-refractivity contribution in [1.29, 1.82) is 0 Å².